The molecule has 0 saturated heterocycles. The Bertz CT molecular complexity index is 94.1. The predicted octanol–water partition coefficient (Wildman–Crippen LogP) is 0.647. The molecule has 0 aromatic rings. The molecule has 0 bridgehead atoms. The fourth-order valence-corrected chi connectivity index (χ4v) is 0.636. The summed E-state index contributed by atoms with van der Waals surface area (Å²) >= 11 is 0. The van der Waals surface area contributed by atoms with Crippen molar-refractivity contribution in [2.75, 3.05) is 33.9 Å². The second-order valence-electron chi connectivity index (χ2n) is 3.13. The Morgan fingerprint density at radius 2 is 1.91 bits per heavy atom. The van der Waals surface area contributed by atoms with Crippen molar-refractivity contribution in [3.63, 3.8) is 0 Å². The summed E-state index contributed by atoms with van der Waals surface area (Å²) in [5, 5.41) is 3.23. The van der Waals surface area contributed by atoms with E-state index in [0.29, 0.717) is 0 Å². The van der Waals surface area contributed by atoms with E-state index in [4.69, 9.17) is 9.47 Å². The molecule has 0 aliphatic carbocycles. The number of hydrogen-bond acceptors (Lipinski definition) is 3. The normalized spacial score (nSPS) is 12.0. The smallest absolute Gasteiger partial charge is 0.0746 e. The van der Waals surface area contributed by atoms with Gasteiger partial charge in [-0.1, -0.05) is 0 Å². The Balaban J connectivity index is 3.23. The molecular formula is C8H19NO2. The first kappa shape index (κ1) is 10.9. The van der Waals surface area contributed by atoms with Gasteiger partial charge in [0.2, 0.25) is 0 Å². The highest BCUT2D eigenvalue weighted by atomic mass is 16.5. The zero-order valence-corrected chi connectivity index (χ0v) is 7.94. The van der Waals surface area contributed by atoms with E-state index in [0.717, 1.165) is 19.7 Å². The lowest BCUT2D eigenvalue weighted by Crippen LogP contribution is -2.37. The van der Waals surface area contributed by atoms with Gasteiger partial charge in [-0.25, -0.2) is 0 Å². The minimum Gasteiger partial charge on any atom is -0.383 e. The molecular weight excluding hydrogens is 142 g/mol. The molecule has 0 aliphatic heterocycles. The lowest BCUT2D eigenvalue weighted by molar-refractivity contribution is 0.0222. The highest BCUT2D eigenvalue weighted by molar-refractivity contribution is 4.70. The van der Waals surface area contributed by atoms with Gasteiger partial charge < -0.3 is 14.8 Å². The van der Waals surface area contributed by atoms with Crippen molar-refractivity contribution in [3.05, 3.63) is 0 Å². The zero-order chi connectivity index (χ0) is 8.74. The van der Waals surface area contributed by atoms with Crippen LogP contribution in [-0.4, -0.2) is 39.5 Å². The van der Waals surface area contributed by atoms with Gasteiger partial charge in [0.15, 0.2) is 0 Å². The van der Waals surface area contributed by atoms with Gasteiger partial charge in [-0.3, -0.25) is 0 Å². The van der Waals surface area contributed by atoms with E-state index >= 15 is 0 Å². The summed E-state index contributed by atoms with van der Waals surface area (Å²) in [5.74, 6) is 0. The Hall–Kier alpha value is -0.120. The predicted molar refractivity (Wildman–Crippen MR) is 45.8 cm³/mol. The zero-order valence-electron chi connectivity index (χ0n) is 7.94. The largest absolute Gasteiger partial charge is 0.383 e. The average molecular weight is 161 g/mol. The summed E-state index contributed by atoms with van der Waals surface area (Å²) in [6.07, 6.45) is 0. The van der Waals surface area contributed by atoms with Crippen molar-refractivity contribution in [3.8, 4) is 0 Å². The lowest BCUT2D eigenvalue weighted by atomic mass is 10.1. The second kappa shape index (κ2) is 5.52. The molecule has 0 saturated carbocycles. The molecule has 0 fully saturated rings. The van der Waals surface area contributed by atoms with Crippen LogP contribution >= 0.6 is 0 Å². The van der Waals surface area contributed by atoms with Crippen molar-refractivity contribution in [2.24, 2.45) is 0 Å². The van der Waals surface area contributed by atoms with Crippen LogP contribution in [-0.2, 0) is 9.47 Å². The fourth-order valence-electron chi connectivity index (χ4n) is 0.636. The molecule has 0 aromatic heterocycles. The van der Waals surface area contributed by atoms with Crippen LogP contribution in [0.3, 0.4) is 0 Å². The van der Waals surface area contributed by atoms with Gasteiger partial charge in [0, 0.05) is 27.3 Å². The third-order valence-electron chi connectivity index (χ3n) is 1.59. The maximum Gasteiger partial charge on any atom is 0.0746 e. The molecule has 0 aromatic carbocycles. The number of ether oxygens (including phenoxy) is 2. The maximum atomic E-state index is 5.21. The lowest BCUT2D eigenvalue weighted by Gasteiger charge is -2.22. The van der Waals surface area contributed by atoms with Crippen LogP contribution in [0.15, 0.2) is 0 Å². The number of rotatable bonds is 6. The Kier molecular flexibility index (Phi) is 5.46. The van der Waals surface area contributed by atoms with Gasteiger partial charge in [0.25, 0.3) is 0 Å². The minimum atomic E-state index is -0.0757. The molecule has 1 N–H and O–H groups in total. The molecule has 0 rings (SSSR count). The van der Waals surface area contributed by atoms with Crippen LogP contribution in [0.2, 0.25) is 0 Å². The van der Waals surface area contributed by atoms with Crippen molar-refractivity contribution < 1.29 is 9.47 Å². The maximum absolute atomic E-state index is 5.21. The van der Waals surface area contributed by atoms with Crippen molar-refractivity contribution in [2.45, 2.75) is 19.4 Å². The molecule has 0 aliphatic rings. The first-order valence-electron chi connectivity index (χ1n) is 3.87. The van der Waals surface area contributed by atoms with Crippen LogP contribution in [0.1, 0.15) is 13.8 Å². The Labute approximate surface area is 69.1 Å². The van der Waals surface area contributed by atoms with Gasteiger partial charge in [-0.2, -0.15) is 0 Å². The van der Waals surface area contributed by atoms with Crippen molar-refractivity contribution >= 4 is 0 Å². The highest BCUT2D eigenvalue weighted by Crippen LogP contribution is 2.03. The number of methoxy groups -OCH3 is 2. The van der Waals surface area contributed by atoms with Crippen LogP contribution in [0.5, 0.6) is 0 Å². The van der Waals surface area contributed by atoms with Crippen molar-refractivity contribution in [1.29, 1.82) is 0 Å². The summed E-state index contributed by atoms with van der Waals surface area (Å²) in [7, 11) is 3.42. The molecule has 68 valence electrons. The first-order chi connectivity index (χ1) is 5.12. The molecule has 3 heteroatoms. The molecule has 0 spiro atoms. The van der Waals surface area contributed by atoms with E-state index in [1.807, 2.05) is 13.8 Å². The Morgan fingerprint density at radius 1 is 1.27 bits per heavy atom. The van der Waals surface area contributed by atoms with Gasteiger partial charge >= 0.3 is 0 Å². The summed E-state index contributed by atoms with van der Waals surface area (Å²) in [5.41, 5.74) is -0.0757. The molecule has 0 atom stereocenters. The number of hydrogen-bond donors (Lipinski definition) is 1. The quantitative estimate of drug-likeness (QED) is 0.580. The molecule has 3 nitrogen and oxygen atoms in total. The van der Waals surface area contributed by atoms with Gasteiger partial charge in [-0.05, 0) is 13.8 Å². The van der Waals surface area contributed by atoms with E-state index in [9.17, 15) is 0 Å². The summed E-state index contributed by atoms with van der Waals surface area (Å²) in [4.78, 5) is 0. The molecule has 0 unspecified atom stereocenters. The standard InChI is InChI=1S/C8H19NO2/c1-8(2,11-4)7-9-5-6-10-3/h9H,5-7H2,1-4H3. The number of nitrogens with one attached hydrogen (secondary N) is 1. The van der Waals surface area contributed by atoms with E-state index < -0.39 is 0 Å². The SMILES string of the molecule is COCCNCC(C)(C)OC. The molecule has 0 heterocycles. The molecule has 0 amide bonds. The van der Waals surface area contributed by atoms with Gasteiger partial charge in [0.05, 0.1) is 12.2 Å². The van der Waals surface area contributed by atoms with Crippen molar-refractivity contribution in [1.82, 2.24) is 5.32 Å². The first-order valence-corrected chi connectivity index (χ1v) is 3.87. The molecule has 0 radical (unpaired) electrons. The van der Waals surface area contributed by atoms with Gasteiger partial charge in [0.1, 0.15) is 0 Å². The monoisotopic (exact) mass is 161 g/mol. The summed E-state index contributed by atoms with van der Waals surface area (Å²) < 4.78 is 10.1. The van der Waals surface area contributed by atoms with Crippen LogP contribution in [0.4, 0.5) is 0 Å². The van der Waals surface area contributed by atoms with E-state index in [2.05, 4.69) is 5.32 Å². The van der Waals surface area contributed by atoms with Crippen LogP contribution < -0.4 is 5.32 Å². The topological polar surface area (TPSA) is 30.5 Å². The average Bonchev–Trinajstić information content (AvgIpc) is 1.99. The summed E-state index contributed by atoms with van der Waals surface area (Å²) in [6, 6.07) is 0. The summed E-state index contributed by atoms with van der Waals surface area (Å²) in [6.45, 7) is 6.58. The molecule has 11 heavy (non-hydrogen) atoms. The van der Waals surface area contributed by atoms with Crippen LogP contribution in [0.25, 0.3) is 0 Å². The van der Waals surface area contributed by atoms with E-state index in [-0.39, 0.29) is 5.60 Å². The Morgan fingerprint density at radius 3 is 2.36 bits per heavy atom. The van der Waals surface area contributed by atoms with Gasteiger partial charge in [-0.15, -0.1) is 0 Å². The minimum absolute atomic E-state index is 0.0757. The van der Waals surface area contributed by atoms with E-state index in [1.165, 1.54) is 0 Å². The third-order valence-corrected chi connectivity index (χ3v) is 1.59. The van der Waals surface area contributed by atoms with Crippen LogP contribution in [0, 0.1) is 0 Å². The highest BCUT2D eigenvalue weighted by Gasteiger charge is 2.14. The third kappa shape index (κ3) is 6.28. The fraction of sp³-hybridized carbons (Fsp3) is 1.00. The van der Waals surface area contributed by atoms with E-state index in [1.54, 1.807) is 14.2 Å². The second-order valence-corrected chi connectivity index (χ2v) is 3.13.